The smallest absolute Gasteiger partial charge is 0.314 e. The van der Waals surface area contributed by atoms with Gasteiger partial charge in [0.15, 0.2) is 0 Å². The van der Waals surface area contributed by atoms with E-state index in [4.69, 9.17) is 0 Å². The van der Waals surface area contributed by atoms with E-state index < -0.39 is 33.0 Å². The fraction of sp³-hybridized carbons (Fsp3) is 0.444. The Labute approximate surface area is 150 Å². The number of fused-ring (bicyclic) bond motifs is 2. The first-order valence-electron chi connectivity index (χ1n) is 8.33. The van der Waals surface area contributed by atoms with E-state index in [2.05, 4.69) is 10.9 Å². The summed E-state index contributed by atoms with van der Waals surface area (Å²) in [7, 11) is 0. The van der Waals surface area contributed by atoms with Gasteiger partial charge in [-0.05, 0) is 36.5 Å². The molecule has 2 aliphatic rings. The highest BCUT2D eigenvalue weighted by molar-refractivity contribution is 5.94. The van der Waals surface area contributed by atoms with Gasteiger partial charge in [0.1, 0.15) is 0 Å². The van der Waals surface area contributed by atoms with Crippen molar-refractivity contribution in [3.8, 4) is 0 Å². The van der Waals surface area contributed by atoms with E-state index in [9.17, 15) is 24.8 Å². The summed E-state index contributed by atoms with van der Waals surface area (Å²) in [6, 6.07) is 5.26. The third-order valence-corrected chi connectivity index (χ3v) is 6.53. The van der Waals surface area contributed by atoms with Gasteiger partial charge in [-0.2, -0.15) is 0 Å². The van der Waals surface area contributed by atoms with Gasteiger partial charge in [0.25, 0.3) is 11.6 Å². The minimum Gasteiger partial charge on any atom is -0.481 e. The largest absolute Gasteiger partial charge is 0.481 e. The fourth-order valence-electron chi connectivity index (χ4n) is 4.23. The van der Waals surface area contributed by atoms with E-state index in [1.54, 1.807) is 6.08 Å². The molecule has 1 aromatic rings. The molecule has 0 aromatic heterocycles. The van der Waals surface area contributed by atoms with Crippen molar-refractivity contribution in [2.45, 2.75) is 33.6 Å². The molecule has 1 aromatic carbocycles. The monoisotopic (exact) mass is 359 g/mol. The van der Waals surface area contributed by atoms with Gasteiger partial charge in [0, 0.05) is 28.8 Å². The molecule has 0 saturated heterocycles. The number of aliphatic carboxylic acids is 1. The Morgan fingerprint density at radius 2 is 1.77 bits per heavy atom. The maximum absolute atomic E-state index is 12.3. The lowest BCUT2D eigenvalue weighted by atomic mass is 9.63. The Balaban J connectivity index is 1.77. The Morgan fingerprint density at radius 1 is 1.15 bits per heavy atom. The second-order valence-electron chi connectivity index (χ2n) is 7.67. The average molecular weight is 359 g/mol. The van der Waals surface area contributed by atoms with Crippen molar-refractivity contribution < 1.29 is 19.6 Å². The molecule has 2 atom stereocenters. The number of hydrogen-bond acceptors (Lipinski definition) is 5. The number of carboxylic acids is 1. The van der Waals surface area contributed by atoms with Crippen molar-refractivity contribution in [1.29, 1.82) is 0 Å². The third-order valence-electron chi connectivity index (χ3n) is 6.53. The lowest BCUT2D eigenvalue weighted by molar-refractivity contribution is -0.384. The summed E-state index contributed by atoms with van der Waals surface area (Å²) in [5.74, 6) is -1.31. The lowest BCUT2D eigenvalue weighted by Gasteiger charge is -2.40. The van der Waals surface area contributed by atoms with Crippen molar-refractivity contribution in [1.82, 2.24) is 10.9 Å². The van der Waals surface area contributed by atoms with Crippen LogP contribution in [0.4, 0.5) is 5.69 Å². The van der Waals surface area contributed by atoms with E-state index in [1.807, 2.05) is 20.8 Å². The molecule has 0 aliphatic heterocycles. The summed E-state index contributed by atoms with van der Waals surface area (Å²) < 4.78 is 0. The highest BCUT2D eigenvalue weighted by Crippen LogP contribution is 2.70. The first-order valence-corrected chi connectivity index (χ1v) is 8.33. The molecule has 0 unspecified atom stereocenters. The van der Waals surface area contributed by atoms with Gasteiger partial charge in [0.05, 0.1) is 10.3 Å². The molecule has 3 N–H and O–H groups in total. The van der Waals surface area contributed by atoms with Crippen LogP contribution in [0.2, 0.25) is 0 Å². The maximum atomic E-state index is 12.3. The Hall–Kier alpha value is -2.90. The number of nitrogens with one attached hydrogen (secondary N) is 2. The number of carbonyl (C=O) groups is 2. The van der Waals surface area contributed by atoms with Crippen molar-refractivity contribution >= 4 is 17.6 Å². The minimum absolute atomic E-state index is 0.0945. The number of non-ortho nitro benzene ring substituents is 1. The number of carboxylic acid groups (broad SMARTS) is 1. The number of carbonyl (C=O) groups excluding carboxylic acids is 1. The predicted molar refractivity (Wildman–Crippen MR) is 93.0 cm³/mol. The van der Waals surface area contributed by atoms with Gasteiger partial charge in [0.2, 0.25) is 0 Å². The van der Waals surface area contributed by atoms with E-state index >= 15 is 0 Å². The van der Waals surface area contributed by atoms with E-state index in [1.165, 1.54) is 24.3 Å². The second-order valence-corrected chi connectivity index (χ2v) is 7.67. The lowest BCUT2D eigenvalue weighted by Crippen LogP contribution is -2.44. The SMILES string of the molecule is CC1(C)[C@]2(C)CC[C@@]1(C(=O)O)C=C2NNC(=O)c1ccc([N+](=O)[O-])cc1. The fourth-order valence-corrected chi connectivity index (χ4v) is 4.23. The zero-order valence-corrected chi connectivity index (χ0v) is 14.8. The zero-order valence-electron chi connectivity index (χ0n) is 14.8. The van der Waals surface area contributed by atoms with Gasteiger partial charge < -0.3 is 10.5 Å². The van der Waals surface area contributed by atoms with Crippen LogP contribution in [-0.2, 0) is 4.79 Å². The molecule has 0 heterocycles. The third kappa shape index (κ3) is 2.21. The van der Waals surface area contributed by atoms with Crippen LogP contribution in [0, 0.1) is 26.4 Å². The van der Waals surface area contributed by atoms with Crippen LogP contribution in [0.15, 0.2) is 36.0 Å². The molecule has 2 bridgehead atoms. The van der Waals surface area contributed by atoms with Crippen LogP contribution in [0.1, 0.15) is 44.0 Å². The molecule has 1 saturated carbocycles. The number of nitro benzene ring substituents is 1. The minimum atomic E-state index is -0.956. The molecule has 138 valence electrons. The summed E-state index contributed by atoms with van der Waals surface area (Å²) in [5.41, 5.74) is 4.48. The number of nitro groups is 1. The van der Waals surface area contributed by atoms with Crippen LogP contribution in [-0.4, -0.2) is 21.9 Å². The highest BCUT2D eigenvalue weighted by Gasteiger charge is 2.69. The zero-order chi connectivity index (χ0) is 19.3. The normalized spacial score (nSPS) is 28.3. The molecule has 8 nitrogen and oxygen atoms in total. The number of amides is 1. The molecule has 26 heavy (non-hydrogen) atoms. The van der Waals surface area contributed by atoms with E-state index in [0.29, 0.717) is 18.5 Å². The molecule has 2 aliphatic carbocycles. The Bertz CT molecular complexity index is 830. The quantitative estimate of drug-likeness (QED) is 0.549. The highest BCUT2D eigenvalue weighted by atomic mass is 16.6. The number of rotatable bonds is 5. The Kier molecular flexibility index (Phi) is 3.82. The summed E-state index contributed by atoms with van der Waals surface area (Å²) in [5, 5.41) is 20.4. The number of allylic oxidation sites excluding steroid dienone is 1. The summed E-state index contributed by atoms with van der Waals surface area (Å²) in [6.07, 6.45) is 2.99. The Morgan fingerprint density at radius 3 is 2.27 bits per heavy atom. The van der Waals surface area contributed by atoms with Crippen LogP contribution in [0.3, 0.4) is 0 Å². The number of hydrazine groups is 1. The molecule has 1 amide bonds. The van der Waals surface area contributed by atoms with Gasteiger partial charge in [-0.1, -0.05) is 20.8 Å². The second kappa shape index (κ2) is 5.55. The summed E-state index contributed by atoms with van der Waals surface area (Å²) >= 11 is 0. The first kappa shape index (κ1) is 17.9. The van der Waals surface area contributed by atoms with Gasteiger partial charge in [-0.3, -0.25) is 25.1 Å². The van der Waals surface area contributed by atoms with Gasteiger partial charge >= 0.3 is 5.97 Å². The number of hydrogen-bond donors (Lipinski definition) is 3. The van der Waals surface area contributed by atoms with Gasteiger partial charge in [-0.15, -0.1) is 0 Å². The average Bonchev–Trinajstić information content (AvgIpc) is 2.90. The van der Waals surface area contributed by atoms with Crippen molar-refractivity contribution in [3.63, 3.8) is 0 Å². The van der Waals surface area contributed by atoms with Crippen LogP contribution >= 0.6 is 0 Å². The first-order chi connectivity index (χ1) is 12.0. The van der Waals surface area contributed by atoms with Crippen molar-refractivity contribution in [2.24, 2.45) is 16.2 Å². The molecule has 8 heteroatoms. The molecule has 0 radical (unpaired) electrons. The standard InChI is InChI=1S/C18H21N3O5/c1-16(2)17(3)8-9-18(16,15(23)24)10-13(17)19-20-14(22)11-4-6-12(7-5-11)21(25)26/h4-7,10,19H,8-9H2,1-3H3,(H,20,22)(H,23,24)/t17-,18+/m1/s1. The van der Waals surface area contributed by atoms with Crippen LogP contribution < -0.4 is 10.9 Å². The summed E-state index contributed by atoms with van der Waals surface area (Å²) in [6.45, 7) is 5.89. The molecule has 0 spiro atoms. The van der Waals surface area contributed by atoms with E-state index in [-0.39, 0.29) is 11.3 Å². The van der Waals surface area contributed by atoms with Crippen molar-refractivity contribution in [2.75, 3.05) is 0 Å². The van der Waals surface area contributed by atoms with Crippen LogP contribution in [0.5, 0.6) is 0 Å². The summed E-state index contributed by atoms with van der Waals surface area (Å²) in [4.78, 5) is 34.3. The predicted octanol–water partition coefficient (Wildman–Crippen LogP) is 2.62. The van der Waals surface area contributed by atoms with Crippen LogP contribution in [0.25, 0.3) is 0 Å². The molecule has 3 rings (SSSR count). The number of nitrogens with zero attached hydrogens (tertiary/aromatic N) is 1. The number of benzene rings is 1. The maximum Gasteiger partial charge on any atom is 0.314 e. The van der Waals surface area contributed by atoms with Gasteiger partial charge in [-0.25, -0.2) is 0 Å². The molecular weight excluding hydrogens is 338 g/mol. The van der Waals surface area contributed by atoms with Crippen molar-refractivity contribution in [3.05, 3.63) is 51.7 Å². The topological polar surface area (TPSA) is 122 Å². The van der Waals surface area contributed by atoms with E-state index in [0.717, 1.165) is 0 Å². The molecular formula is C18H21N3O5. The molecule has 1 fully saturated rings.